The van der Waals surface area contributed by atoms with Crippen LogP contribution in [0.2, 0.25) is 0 Å². The van der Waals surface area contributed by atoms with Gasteiger partial charge in [-0.25, -0.2) is 27.6 Å². The average Bonchev–Trinajstić information content (AvgIpc) is 3.00. The fourth-order valence-electron chi connectivity index (χ4n) is 2.51. The Morgan fingerprint density at radius 2 is 2.07 bits per heavy atom. The molecule has 0 saturated carbocycles. The highest BCUT2D eigenvalue weighted by Gasteiger charge is 2.26. The van der Waals surface area contributed by atoms with Gasteiger partial charge in [0.1, 0.15) is 4.88 Å². The number of ether oxygens (including phenoxy) is 2. The smallest absolute Gasteiger partial charge is 0.349 e. The summed E-state index contributed by atoms with van der Waals surface area (Å²) in [5.41, 5.74) is 0.365. The Hall–Kier alpha value is -2.59. The predicted molar refractivity (Wildman–Crippen MR) is 98.4 cm³/mol. The van der Waals surface area contributed by atoms with E-state index in [9.17, 15) is 17.6 Å². The molecule has 1 aromatic carbocycles. The molecule has 3 aromatic rings. The van der Waals surface area contributed by atoms with Gasteiger partial charge < -0.3 is 9.47 Å². The summed E-state index contributed by atoms with van der Waals surface area (Å²) in [4.78, 5) is 20.4. The molecule has 0 spiro atoms. The minimum Gasteiger partial charge on any atom is -0.494 e. The molecular weight excluding hydrogens is 395 g/mol. The van der Waals surface area contributed by atoms with Gasteiger partial charge in [-0.3, -0.25) is 0 Å². The van der Waals surface area contributed by atoms with Crippen molar-refractivity contribution in [3.8, 4) is 16.9 Å². The number of nitrogens with zero attached hydrogens (tertiary/aromatic N) is 2. The number of thiophene rings is 1. The van der Waals surface area contributed by atoms with Crippen molar-refractivity contribution in [2.75, 3.05) is 20.0 Å². The molecule has 0 aliphatic heterocycles. The van der Waals surface area contributed by atoms with E-state index in [4.69, 9.17) is 9.47 Å². The van der Waals surface area contributed by atoms with Crippen LogP contribution in [0.3, 0.4) is 0 Å². The fourth-order valence-corrected chi connectivity index (χ4v) is 4.03. The van der Waals surface area contributed by atoms with Crippen LogP contribution in [0.4, 0.5) is 4.39 Å². The largest absolute Gasteiger partial charge is 0.494 e. The molecule has 0 aliphatic rings. The second-order valence-corrected chi connectivity index (χ2v) is 8.45. The molecular formula is C17H15FN2O5S2. The number of fused-ring (bicyclic) bond motifs is 1. The average molecular weight is 410 g/mol. The summed E-state index contributed by atoms with van der Waals surface area (Å²) in [7, 11) is -2.37. The third-order valence-corrected chi connectivity index (χ3v) is 5.61. The minimum atomic E-state index is -3.69. The molecule has 7 nitrogen and oxygen atoms in total. The molecule has 0 N–H and O–H groups in total. The number of esters is 1. The molecule has 2 aromatic heterocycles. The normalized spacial score (nSPS) is 11.6. The van der Waals surface area contributed by atoms with Gasteiger partial charge in [-0.15, -0.1) is 11.3 Å². The Balaban J connectivity index is 2.39. The van der Waals surface area contributed by atoms with Gasteiger partial charge in [-0.2, -0.15) is 0 Å². The molecule has 0 bridgehead atoms. The third kappa shape index (κ3) is 3.50. The van der Waals surface area contributed by atoms with Crippen LogP contribution in [0.15, 0.2) is 29.6 Å². The summed E-state index contributed by atoms with van der Waals surface area (Å²) in [6.07, 6.45) is 2.27. The molecule has 0 saturated heterocycles. The van der Waals surface area contributed by atoms with Crippen LogP contribution < -0.4 is 4.74 Å². The standard InChI is InChI=1S/C17H15FN2O5S2/c1-4-25-16(21)15-12(9-6-5-7-10(24-2)13(9)18)14-11(26-15)8-19-17(20-14)27(3,22)23/h5-8H,4H2,1-3H3. The molecule has 0 atom stereocenters. The Kier molecular flexibility index (Phi) is 5.11. The molecule has 0 fully saturated rings. The maximum Gasteiger partial charge on any atom is 0.349 e. The minimum absolute atomic E-state index is 0.0148. The number of halogens is 1. The molecule has 2 heterocycles. The maximum atomic E-state index is 14.9. The highest BCUT2D eigenvalue weighted by atomic mass is 32.2. The van der Waals surface area contributed by atoms with Crippen LogP contribution in [-0.2, 0) is 14.6 Å². The number of carbonyl (C=O) groups excluding carboxylic acids is 1. The van der Waals surface area contributed by atoms with E-state index in [2.05, 4.69) is 9.97 Å². The van der Waals surface area contributed by atoms with E-state index < -0.39 is 26.8 Å². The molecule has 27 heavy (non-hydrogen) atoms. The first-order valence-corrected chi connectivity index (χ1v) is 10.5. The van der Waals surface area contributed by atoms with Crippen molar-refractivity contribution in [2.45, 2.75) is 12.1 Å². The number of benzene rings is 1. The molecule has 142 valence electrons. The fraction of sp³-hybridized carbons (Fsp3) is 0.235. The zero-order valence-electron chi connectivity index (χ0n) is 14.6. The molecule has 3 rings (SSSR count). The number of carbonyl (C=O) groups is 1. The van der Waals surface area contributed by atoms with Crippen molar-refractivity contribution in [3.63, 3.8) is 0 Å². The van der Waals surface area contributed by atoms with E-state index >= 15 is 0 Å². The quantitative estimate of drug-likeness (QED) is 0.471. The lowest BCUT2D eigenvalue weighted by Crippen LogP contribution is -2.05. The highest BCUT2D eigenvalue weighted by Crippen LogP contribution is 2.41. The van der Waals surface area contributed by atoms with Crippen LogP contribution in [0.1, 0.15) is 16.6 Å². The number of hydrogen-bond donors (Lipinski definition) is 0. The summed E-state index contributed by atoms with van der Waals surface area (Å²) in [5, 5.41) is -0.409. The summed E-state index contributed by atoms with van der Waals surface area (Å²) in [5.74, 6) is -1.36. The van der Waals surface area contributed by atoms with Gasteiger partial charge in [-0.1, -0.05) is 12.1 Å². The topological polar surface area (TPSA) is 95.5 Å². The van der Waals surface area contributed by atoms with Gasteiger partial charge in [0.2, 0.25) is 15.0 Å². The van der Waals surface area contributed by atoms with Crippen LogP contribution in [0.5, 0.6) is 5.75 Å². The van der Waals surface area contributed by atoms with Gasteiger partial charge in [0.05, 0.1) is 23.9 Å². The summed E-state index contributed by atoms with van der Waals surface area (Å²) in [6, 6.07) is 4.47. The Morgan fingerprint density at radius 1 is 1.33 bits per heavy atom. The first kappa shape index (κ1) is 19.2. The van der Waals surface area contributed by atoms with Gasteiger partial charge >= 0.3 is 5.97 Å². The first-order chi connectivity index (χ1) is 12.8. The van der Waals surface area contributed by atoms with Crippen molar-refractivity contribution < 1.29 is 27.1 Å². The van der Waals surface area contributed by atoms with Gasteiger partial charge in [0, 0.05) is 23.6 Å². The maximum absolute atomic E-state index is 14.9. The number of sulfone groups is 1. The Morgan fingerprint density at radius 3 is 2.70 bits per heavy atom. The van der Waals surface area contributed by atoms with Crippen LogP contribution in [-0.4, -0.2) is 44.3 Å². The lowest BCUT2D eigenvalue weighted by Gasteiger charge is -2.09. The molecule has 10 heteroatoms. The summed E-state index contributed by atoms with van der Waals surface area (Å²) < 4.78 is 49.1. The lowest BCUT2D eigenvalue weighted by atomic mass is 10.0. The molecule has 0 amide bonds. The van der Waals surface area contributed by atoms with Crippen molar-refractivity contribution in [1.29, 1.82) is 0 Å². The van der Waals surface area contributed by atoms with E-state index in [1.807, 2.05) is 0 Å². The second kappa shape index (κ2) is 7.20. The number of aromatic nitrogens is 2. The summed E-state index contributed by atoms with van der Waals surface area (Å²) in [6.45, 7) is 1.78. The van der Waals surface area contributed by atoms with E-state index in [-0.39, 0.29) is 33.9 Å². The van der Waals surface area contributed by atoms with E-state index in [0.29, 0.717) is 4.70 Å². The zero-order chi connectivity index (χ0) is 19.8. The van der Waals surface area contributed by atoms with Crippen molar-refractivity contribution in [2.24, 2.45) is 0 Å². The van der Waals surface area contributed by atoms with Crippen LogP contribution >= 0.6 is 11.3 Å². The number of methoxy groups -OCH3 is 1. The lowest BCUT2D eigenvalue weighted by molar-refractivity contribution is 0.0533. The number of hydrogen-bond acceptors (Lipinski definition) is 8. The van der Waals surface area contributed by atoms with E-state index in [0.717, 1.165) is 17.6 Å². The molecule has 0 unspecified atom stereocenters. The molecule has 0 aliphatic carbocycles. The second-order valence-electron chi connectivity index (χ2n) is 5.49. The summed E-state index contributed by atoms with van der Waals surface area (Å²) >= 11 is 1.01. The van der Waals surface area contributed by atoms with Gasteiger partial charge in [0.25, 0.3) is 0 Å². The highest BCUT2D eigenvalue weighted by molar-refractivity contribution is 7.90. The van der Waals surface area contributed by atoms with Crippen molar-refractivity contribution >= 4 is 37.4 Å². The van der Waals surface area contributed by atoms with Crippen LogP contribution in [0.25, 0.3) is 21.3 Å². The van der Waals surface area contributed by atoms with E-state index in [1.54, 1.807) is 13.0 Å². The van der Waals surface area contributed by atoms with Crippen molar-refractivity contribution in [1.82, 2.24) is 9.97 Å². The van der Waals surface area contributed by atoms with Crippen LogP contribution in [0, 0.1) is 5.82 Å². The SMILES string of the molecule is CCOC(=O)c1sc2cnc(S(C)(=O)=O)nc2c1-c1cccc(OC)c1F. The Bertz CT molecular complexity index is 1140. The predicted octanol–water partition coefficient (Wildman–Crippen LogP) is 3.09. The number of rotatable bonds is 5. The molecule has 0 radical (unpaired) electrons. The Labute approximate surface area is 158 Å². The zero-order valence-corrected chi connectivity index (χ0v) is 16.3. The monoisotopic (exact) mass is 410 g/mol. The van der Waals surface area contributed by atoms with Gasteiger partial charge in [0.15, 0.2) is 11.6 Å². The first-order valence-electron chi connectivity index (χ1n) is 7.77. The van der Waals surface area contributed by atoms with Gasteiger partial charge in [-0.05, 0) is 13.0 Å². The van der Waals surface area contributed by atoms with Crippen molar-refractivity contribution in [3.05, 3.63) is 35.1 Å². The third-order valence-electron chi connectivity index (χ3n) is 3.65. The van der Waals surface area contributed by atoms with E-state index in [1.165, 1.54) is 25.4 Å².